The Morgan fingerprint density at radius 2 is 1.78 bits per heavy atom. The molecular weight excluding hydrogens is 360 g/mol. The van der Waals surface area contributed by atoms with Gasteiger partial charge in [-0.1, -0.05) is 6.07 Å². The predicted octanol–water partition coefficient (Wildman–Crippen LogP) is 1.66. The molecule has 0 aromatic heterocycles. The fourth-order valence-electron chi connectivity index (χ4n) is 2.82. The number of rotatable bonds is 7. The van der Waals surface area contributed by atoms with Gasteiger partial charge in [-0.2, -0.15) is 0 Å². The maximum absolute atomic E-state index is 13.6. The molecule has 1 heterocycles. The average molecular weight is 381 g/mol. The van der Waals surface area contributed by atoms with Crippen molar-refractivity contribution >= 4 is 17.6 Å². The van der Waals surface area contributed by atoms with Crippen LogP contribution in [0.25, 0.3) is 0 Å². The number of ether oxygens (including phenoxy) is 2. The lowest BCUT2D eigenvalue weighted by atomic mass is 9.93. The van der Waals surface area contributed by atoms with E-state index in [4.69, 9.17) is 26.4 Å². The highest BCUT2D eigenvalue weighted by Gasteiger charge is 2.24. The number of ketones is 1. The molecule has 0 aliphatic carbocycles. The van der Waals surface area contributed by atoms with Crippen LogP contribution in [0, 0.1) is 23.0 Å². The van der Waals surface area contributed by atoms with Crippen molar-refractivity contribution in [2.45, 2.75) is 19.3 Å². The highest BCUT2D eigenvalue weighted by atomic mass is 19.1. The summed E-state index contributed by atoms with van der Waals surface area (Å²) in [7, 11) is 0. The molecule has 7 nitrogen and oxygen atoms in total. The number of carbonyl (C=O) groups is 2. The third kappa shape index (κ3) is 5.33. The van der Waals surface area contributed by atoms with E-state index in [2.05, 4.69) is 0 Å². The Balaban J connectivity index is 2.07. The van der Waals surface area contributed by atoms with Crippen molar-refractivity contribution in [2.24, 2.45) is 17.4 Å². The Labute approximate surface area is 154 Å². The fraction of sp³-hybridized carbons (Fsp3) is 0.389. The Kier molecular flexibility index (Phi) is 7.00. The monoisotopic (exact) mass is 381 g/mol. The summed E-state index contributed by atoms with van der Waals surface area (Å²) in [4.78, 5) is 24.2. The highest BCUT2D eigenvalue weighted by molar-refractivity contribution is 6.17. The summed E-state index contributed by atoms with van der Waals surface area (Å²) >= 11 is 0. The molecule has 1 fully saturated rings. The van der Waals surface area contributed by atoms with Gasteiger partial charge in [0.2, 0.25) is 5.78 Å². The molecule has 5 N–H and O–H groups in total. The minimum absolute atomic E-state index is 0.0731. The minimum Gasteiger partial charge on any atom is -0.454 e. The van der Waals surface area contributed by atoms with Crippen molar-refractivity contribution in [2.75, 3.05) is 19.8 Å². The number of nitrogens with two attached hydrogens (primary N) is 2. The van der Waals surface area contributed by atoms with E-state index in [1.807, 2.05) is 0 Å². The topological polar surface area (TPSA) is 128 Å². The van der Waals surface area contributed by atoms with E-state index >= 15 is 0 Å². The second-order valence-electron chi connectivity index (χ2n) is 6.17. The van der Waals surface area contributed by atoms with Gasteiger partial charge in [0.15, 0.2) is 6.61 Å². The van der Waals surface area contributed by atoms with Crippen molar-refractivity contribution in [1.82, 2.24) is 0 Å². The van der Waals surface area contributed by atoms with Crippen LogP contribution in [0.5, 0.6) is 0 Å². The predicted molar refractivity (Wildman–Crippen MR) is 92.9 cm³/mol. The van der Waals surface area contributed by atoms with E-state index in [1.54, 1.807) is 0 Å². The molecule has 0 spiro atoms. The molecule has 1 aromatic rings. The number of hydrogen-bond donors (Lipinski definition) is 3. The summed E-state index contributed by atoms with van der Waals surface area (Å²) in [5.74, 6) is -4.68. The van der Waals surface area contributed by atoms with Gasteiger partial charge in [0.25, 0.3) is 0 Å². The standard InChI is InChI=1S/C18H21F2N3O4/c19-11-2-1-3-12(20)15(11)14(24)9-27-18(25)16(17(22)23)13(21)8-10-4-6-26-7-5-10/h1-3,10H,4-9,21H2,(H3,22,23). The molecule has 146 valence electrons. The highest BCUT2D eigenvalue weighted by Crippen LogP contribution is 2.22. The van der Waals surface area contributed by atoms with Crippen LogP contribution in [0.1, 0.15) is 29.6 Å². The van der Waals surface area contributed by atoms with Crippen LogP contribution in [0.15, 0.2) is 29.5 Å². The lowest BCUT2D eigenvalue weighted by Crippen LogP contribution is -2.29. The number of allylic oxidation sites excluding steroid dienone is 1. The van der Waals surface area contributed by atoms with E-state index in [0.29, 0.717) is 19.6 Å². The number of amidine groups is 1. The molecule has 9 heteroatoms. The Bertz CT molecular complexity index is 754. The molecule has 1 aromatic carbocycles. The van der Waals surface area contributed by atoms with Gasteiger partial charge in [-0.25, -0.2) is 13.6 Å². The SMILES string of the molecule is N=C(N)C(C(=O)OCC(=O)c1c(F)cccc1F)=C(N)CC1CCOCC1. The molecule has 0 atom stereocenters. The Morgan fingerprint density at radius 3 is 2.33 bits per heavy atom. The molecule has 1 aliphatic rings. The zero-order chi connectivity index (χ0) is 20.0. The maximum atomic E-state index is 13.6. The van der Waals surface area contributed by atoms with Crippen LogP contribution < -0.4 is 11.5 Å². The quantitative estimate of drug-likeness (QED) is 0.217. The molecule has 0 saturated carbocycles. The van der Waals surface area contributed by atoms with Crippen molar-refractivity contribution in [1.29, 1.82) is 5.41 Å². The Morgan fingerprint density at radius 1 is 1.19 bits per heavy atom. The second kappa shape index (κ2) is 9.22. The normalized spacial score (nSPS) is 15.8. The van der Waals surface area contributed by atoms with E-state index < -0.39 is 41.4 Å². The second-order valence-corrected chi connectivity index (χ2v) is 6.17. The first-order valence-corrected chi connectivity index (χ1v) is 8.36. The molecule has 0 radical (unpaired) electrons. The van der Waals surface area contributed by atoms with Gasteiger partial charge in [-0.3, -0.25) is 10.2 Å². The third-order valence-electron chi connectivity index (χ3n) is 4.22. The smallest absolute Gasteiger partial charge is 0.344 e. The fourth-order valence-corrected chi connectivity index (χ4v) is 2.82. The van der Waals surface area contributed by atoms with Crippen LogP contribution in [-0.2, 0) is 14.3 Å². The van der Waals surface area contributed by atoms with Gasteiger partial charge in [0.05, 0.1) is 5.56 Å². The molecular formula is C18H21F2N3O4. The molecule has 0 unspecified atom stereocenters. The van der Waals surface area contributed by atoms with E-state index in [9.17, 15) is 18.4 Å². The molecule has 0 amide bonds. The summed E-state index contributed by atoms with van der Waals surface area (Å²) in [5, 5.41) is 7.56. The van der Waals surface area contributed by atoms with Crippen molar-refractivity contribution < 1.29 is 27.8 Å². The number of esters is 1. The number of hydrogen-bond acceptors (Lipinski definition) is 6. The molecule has 0 bridgehead atoms. The molecule has 1 aliphatic heterocycles. The van der Waals surface area contributed by atoms with Gasteiger partial charge < -0.3 is 20.9 Å². The van der Waals surface area contributed by atoms with Crippen LogP contribution >= 0.6 is 0 Å². The lowest BCUT2D eigenvalue weighted by Gasteiger charge is -2.22. The van der Waals surface area contributed by atoms with Crippen LogP contribution in [0.3, 0.4) is 0 Å². The number of benzene rings is 1. The van der Waals surface area contributed by atoms with E-state index in [0.717, 1.165) is 31.0 Å². The van der Waals surface area contributed by atoms with Gasteiger partial charge >= 0.3 is 5.97 Å². The number of Topliss-reactive ketones (excluding diaryl/α,β-unsaturated/α-hetero) is 1. The number of nitrogens with one attached hydrogen (secondary N) is 1. The first kappa shape index (κ1) is 20.5. The lowest BCUT2D eigenvalue weighted by molar-refractivity contribution is -0.137. The summed E-state index contributed by atoms with van der Waals surface area (Å²) in [6, 6.07) is 2.96. The first-order valence-electron chi connectivity index (χ1n) is 8.36. The average Bonchev–Trinajstić information content (AvgIpc) is 2.60. The number of halogens is 2. The van der Waals surface area contributed by atoms with Crippen molar-refractivity contribution in [3.63, 3.8) is 0 Å². The first-order chi connectivity index (χ1) is 12.8. The summed E-state index contributed by atoms with van der Waals surface area (Å²) in [5.41, 5.74) is 10.3. The Hall–Kier alpha value is -2.81. The van der Waals surface area contributed by atoms with Gasteiger partial charge in [-0.15, -0.1) is 0 Å². The third-order valence-corrected chi connectivity index (χ3v) is 4.22. The van der Waals surface area contributed by atoms with Gasteiger partial charge in [0.1, 0.15) is 23.0 Å². The molecule has 2 rings (SSSR count). The molecule has 1 saturated heterocycles. The summed E-state index contributed by atoms with van der Waals surface area (Å²) < 4.78 is 37.3. The largest absolute Gasteiger partial charge is 0.454 e. The summed E-state index contributed by atoms with van der Waals surface area (Å²) in [6.07, 6.45) is 1.83. The van der Waals surface area contributed by atoms with E-state index in [-0.39, 0.29) is 17.2 Å². The van der Waals surface area contributed by atoms with Crippen LogP contribution in [0.2, 0.25) is 0 Å². The van der Waals surface area contributed by atoms with E-state index in [1.165, 1.54) is 0 Å². The van der Waals surface area contributed by atoms with Crippen LogP contribution in [0.4, 0.5) is 8.78 Å². The van der Waals surface area contributed by atoms with Gasteiger partial charge in [-0.05, 0) is 37.3 Å². The zero-order valence-corrected chi connectivity index (χ0v) is 14.6. The summed E-state index contributed by atoms with van der Waals surface area (Å²) in [6.45, 7) is 0.263. The van der Waals surface area contributed by atoms with Crippen molar-refractivity contribution in [3.8, 4) is 0 Å². The minimum atomic E-state index is -1.09. The van der Waals surface area contributed by atoms with Gasteiger partial charge in [0, 0.05) is 18.9 Å². The molecule has 27 heavy (non-hydrogen) atoms. The van der Waals surface area contributed by atoms with Crippen LogP contribution in [-0.4, -0.2) is 37.4 Å². The number of carbonyl (C=O) groups excluding carboxylic acids is 2. The maximum Gasteiger partial charge on any atom is 0.344 e. The zero-order valence-electron chi connectivity index (χ0n) is 14.6. The van der Waals surface area contributed by atoms with Crippen molar-refractivity contribution in [3.05, 3.63) is 46.7 Å².